The van der Waals surface area contributed by atoms with Gasteiger partial charge in [-0.15, -0.1) is 0 Å². The van der Waals surface area contributed by atoms with E-state index in [1.807, 2.05) is 36.4 Å². The number of aliphatic hydroxyl groups excluding tert-OH is 1. The lowest BCUT2D eigenvalue weighted by Crippen LogP contribution is -2.54. The lowest BCUT2D eigenvalue weighted by Gasteiger charge is -2.41. The average molecular weight is 496 g/mol. The number of carbonyl (C=O) groups is 1. The van der Waals surface area contributed by atoms with Gasteiger partial charge in [-0.3, -0.25) is 4.79 Å². The number of hydrogen-bond acceptors (Lipinski definition) is 5. The van der Waals surface area contributed by atoms with Gasteiger partial charge in [0.05, 0.1) is 11.5 Å². The fourth-order valence-corrected chi connectivity index (χ4v) is 5.23. The van der Waals surface area contributed by atoms with Crippen LogP contribution in [0.25, 0.3) is 0 Å². The Morgan fingerprint density at radius 1 is 1.17 bits per heavy atom. The molecular weight excluding hydrogens is 464 g/mol. The van der Waals surface area contributed by atoms with Gasteiger partial charge < -0.3 is 20.9 Å². The van der Waals surface area contributed by atoms with Crippen molar-refractivity contribution in [3.63, 3.8) is 0 Å². The summed E-state index contributed by atoms with van der Waals surface area (Å²) in [5.41, 5.74) is 5.54. The molecule has 2 aromatic carbocycles. The van der Waals surface area contributed by atoms with Gasteiger partial charge in [0, 0.05) is 43.3 Å². The zero-order valence-corrected chi connectivity index (χ0v) is 20.1. The first-order valence-electron chi connectivity index (χ1n) is 12.1. The number of ether oxygens (including phenoxy) is 1. The highest BCUT2D eigenvalue weighted by Crippen LogP contribution is 2.41. The van der Waals surface area contributed by atoms with Gasteiger partial charge in [0.1, 0.15) is 17.7 Å². The maximum absolute atomic E-state index is 14.3. The molecule has 1 amide bonds. The molecule has 2 heterocycles. The minimum Gasteiger partial charge on any atom is -0.473 e. The Bertz CT molecular complexity index is 1140. The fraction of sp³-hybridized carbons (Fsp3) is 0.357. The summed E-state index contributed by atoms with van der Waals surface area (Å²) in [6.45, 7) is 2.19. The molecule has 6 nitrogen and oxygen atoms in total. The number of amides is 1. The first kappa shape index (κ1) is 25.7. The van der Waals surface area contributed by atoms with E-state index < -0.39 is 41.0 Å². The van der Waals surface area contributed by atoms with Gasteiger partial charge in [-0.1, -0.05) is 43.3 Å². The number of hydrogen-bond donors (Lipinski definition) is 3. The zero-order valence-electron chi connectivity index (χ0n) is 20.1. The lowest BCUT2D eigenvalue weighted by molar-refractivity contribution is -0.128. The Labute approximate surface area is 209 Å². The summed E-state index contributed by atoms with van der Waals surface area (Å²) in [5, 5.41) is 14.7. The topological polar surface area (TPSA) is 97.5 Å². The number of nitrogens with zero attached hydrogens (tertiary/aromatic N) is 1. The predicted octanol–water partition coefficient (Wildman–Crippen LogP) is 3.52. The third kappa shape index (κ3) is 5.55. The van der Waals surface area contributed by atoms with Crippen LogP contribution in [0.3, 0.4) is 0 Å². The van der Waals surface area contributed by atoms with E-state index in [4.69, 9.17) is 10.5 Å². The van der Waals surface area contributed by atoms with Crippen molar-refractivity contribution in [1.82, 2.24) is 10.3 Å². The van der Waals surface area contributed by atoms with Gasteiger partial charge in [0.25, 0.3) is 0 Å². The van der Waals surface area contributed by atoms with E-state index in [1.54, 1.807) is 25.3 Å². The van der Waals surface area contributed by atoms with Gasteiger partial charge >= 0.3 is 0 Å². The highest BCUT2D eigenvalue weighted by atomic mass is 19.1. The van der Waals surface area contributed by atoms with Crippen LogP contribution in [-0.4, -0.2) is 40.8 Å². The molecule has 1 aromatic heterocycles. The molecule has 8 heteroatoms. The number of carbonyl (C=O) groups excluding carboxylic acids is 1. The fourth-order valence-electron chi connectivity index (χ4n) is 5.23. The van der Waals surface area contributed by atoms with E-state index in [-0.39, 0.29) is 18.1 Å². The summed E-state index contributed by atoms with van der Waals surface area (Å²) in [5.74, 6) is -2.63. The van der Waals surface area contributed by atoms with Crippen molar-refractivity contribution < 1.29 is 23.4 Å². The Morgan fingerprint density at radius 2 is 1.86 bits per heavy atom. The second-order valence-electron chi connectivity index (χ2n) is 9.42. The van der Waals surface area contributed by atoms with Crippen LogP contribution < -0.4 is 15.8 Å². The van der Waals surface area contributed by atoms with Crippen molar-refractivity contribution in [3.05, 3.63) is 95.7 Å². The van der Waals surface area contributed by atoms with Gasteiger partial charge in [-0.05, 0) is 42.2 Å². The second-order valence-corrected chi connectivity index (χ2v) is 9.42. The van der Waals surface area contributed by atoms with Gasteiger partial charge in [-0.25, -0.2) is 13.8 Å². The number of halogens is 2. The minimum atomic E-state index is -1.51. The smallest absolute Gasteiger partial charge is 0.228 e. The number of nitrogens with two attached hydrogens (primary N) is 1. The van der Waals surface area contributed by atoms with Crippen LogP contribution in [0.5, 0.6) is 5.88 Å². The molecule has 1 aliphatic rings. The second kappa shape index (κ2) is 11.1. The Hall–Kier alpha value is -3.36. The summed E-state index contributed by atoms with van der Waals surface area (Å²) in [6, 6.07) is 17.5. The highest BCUT2D eigenvalue weighted by Gasteiger charge is 2.49. The molecule has 1 saturated heterocycles. The lowest BCUT2D eigenvalue weighted by atomic mass is 9.64. The van der Waals surface area contributed by atoms with Gasteiger partial charge in [0.2, 0.25) is 11.8 Å². The van der Waals surface area contributed by atoms with E-state index in [0.717, 1.165) is 23.8 Å². The van der Waals surface area contributed by atoms with Gasteiger partial charge in [0.15, 0.2) is 0 Å². The molecule has 0 radical (unpaired) electrons. The number of pyridine rings is 1. The van der Waals surface area contributed by atoms with Crippen molar-refractivity contribution in [3.8, 4) is 5.88 Å². The van der Waals surface area contributed by atoms with Gasteiger partial charge in [-0.2, -0.15) is 0 Å². The van der Waals surface area contributed by atoms with E-state index in [2.05, 4.69) is 10.3 Å². The van der Waals surface area contributed by atoms with Crippen molar-refractivity contribution in [2.45, 2.75) is 49.9 Å². The predicted molar refractivity (Wildman–Crippen MR) is 132 cm³/mol. The molecule has 1 fully saturated rings. The van der Waals surface area contributed by atoms with Crippen LogP contribution in [0.2, 0.25) is 0 Å². The normalized spacial score (nSPS) is 20.9. The molecule has 3 aromatic rings. The number of aliphatic hydroxyl groups is 1. The average Bonchev–Trinajstić information content (AvgIpc) is 3.32. The summed E-state index contributed by atoms with van der Waals surface area (Å²) in [7, 11) is 0. The van der Waals surface area contributed by atoms with Crippen molar-refractivity contribution >= 4 is 5.91 Å². The largest absolute Gasteiger partial charge is 0.473 e. The van der Waals surface area contributed by atoms with Crippen molar-refractivity contribution in [2.75, 3.05) is 6.54 Å². The van der Waals surface area contributed by atoms with Crippen LogP contribution in [0.15, 0.2) is 72.9 Å². The van der Waals surface area contributed by atoms with Crippen LogP contribution >= 0.6 is 0 Å². The first-order valence-corrected chi connectivity index (χ1v) is 12.1. The summed E-state index contributed by atoms with van der Waals surface area (Å²) >= 11 is 0. The summed E-state index contributed by atoms with van der Waals surface area (Å²) < 4.78 is 34.6. The minimum absolute atomic E-state index is 0.120. The Morgan fingerprint density at radius 3 is 2.50 bits per heavy atom. The number of benzene rings is 2. The Balaban J connectivity index is 1.61. The van der Waals surface area contributed by atoms with Crippen LogP contribution in [0.1, 0.15) is 30.9 Å². The zero-order chi connectivity index (χ0) is 25.7. The monoisotopic (exact) mass is 495 g/mol. The molecule has 0 aliphatic carbocycles. The molecule has 4 N–H and O–H groups in total. The third-order valence-corrected chi connectivity index (χ3v) is 7.22. The molecule has 3 unspecified atom stereocenters. The standard InChI is InChI=1S/C28H31F2N3O3/c1-18(26(34)24-16-23(17-33-24)36-25-9-5-6-12-32-25)28(27(31)35,11-10-19-7-3-2-4-8-19)20-13-21(29)15-22(30)14-20/h2-9,12-15,18,23-24,26,33-34H,10-11,16-17H2,1H3,(H2,31,35)/t18?,23-,24+,26?,28?/m0/s1. The quantitative estimate of drug-likeness (QED) is 0.400. The number of aryl methyl sites for hydroxylation is 1. The molecule has 0 saturated carbocycles. The van der Waals surface area contributed by atoms with Crippen molar-refractivity contribution in [2.24, 2.45) is 11.7 Å². The maximum atomic E-state index is 14.3. The molecule has 5 atom stereocenters. The highest BCUT2D eigenvalue weighted by molar-refractivity contribution is 5.87. The molecular formula is C28H31F2N3O3. The van der Waals surface area contributed by atoms with E-state index in [1.165, 1.54) is 0 Å². The van der Waals surface area contributed by atoms with E-state index in [0.29, 0.717) is 25.3 Å². The molecule has 190 valence electrons. The molecule has 4 rings (SSSR count). The summed E-state index contributed by atoms with van der Waals surface area (Å²) in [4.78, 5) is 17.3. The first-order chi connectivity index (χ1) is 17.3. The van der Waals surface area contributed by atoms with Crippen LogP contribution in [0.4, 0.5) is 8.78 Å². The molecule has 1 aliphatic heterocycles. The van der Waals surface area contributed by atoms with Crippen LogP contribution in [-0.2, 0) is 16.6 Å². The van der Waals surface area contributed by atoms with E-state index in [9.17, 15) is 18.7 Å². The number of nitrogens with one attached hydrogen (secondary N) is 1. The van der Waals surface area contributed by atoms with Crippen molar-refractivity contribution in [1.29, 1.82) is 0 Å². The number of aromatic nitrogens is 1. The maximum Gasteiger partial charge on any atom is 0.228 e. The Kier molecular flexibility index (Phi) is 7.96. The SMILES string of the molecule is CC(C(O)[C@H]1C[C@H](Oc2ccccn2)CN1)C(CCc1ccccc1)(C(N)=O)c1cc(F)cc(F)c1. The number of primary amides is 1. The van der Waals surface area contributed by atoms with Crippen LogP contribution in [0, 0.1) is 17.6 Å². The molecule has 0 bridgehead atoms. The molecule has 36 heavy (non-hydrogen) atoms. The van der Waals surface area contributed by atoms with E-state index >= 15 is 0 Å². The third-order valence-electron chi connectivity index (χ3n) is 7.22. The summed E-state index contributed by atoms with van der Waals surface area (Å²) in [6.07, 6.45) is 1.43. The number of rotatable bonds is 10. The molecule has 0 spiro atoms.